The van der Waals surface area contributed by atoms with Crippen molar-refractivity contribution in [3.63, 3.8) is 0 Å². The molecule has 6 nitrogen and oxygen atoms in total. The zero-order chi connectivity index (χ0) is 19.9. The second-order valence-electron chi connectivity index (χ2n) is 6.08. The Morgan fingerprint density at radius 3 is 2.26 bits per heavy atom. The minimum atomic E-state index is -3.47. The Bertz CT molecular complexity index is 887. The molecule has 144 valence electrons. The van der Waals surface area contributed by atoms with Crippen LogP contribution in [0.5, 0.6) is 5.75 Å². The highest BCUT2D eigenvalue weighted by Gasteiger charge is 2.11. The smallest absolute Gasteiger partial charge is 0.248 e. The molecule has 0 aliphatic carbocycles. The molecule has 0 aliphatic rings. The van der Waals surface area contributed by atoms with E-state index in [-0.39, 0.29) is 16.9 Å². The van der Waals surface area contributed by atoms with E-state index >= 15 is 0 Å². The van der Waals surface area contributed by atoms with E-state index in [9.17, 15) is 13.2 Å². The Labute approximate surface area is 160 Å². The SMILES string of the molecule is CCNS(=O)(=O)c1ccc(C=CC(=O)Nc2ccc(OC(C)C)cc2)cc1. The number of amides is 1. The molecule has 0 bridgehead atoms. The predicted molar refractivity (Wildman–Crippen MR) is 107 cm³/mol. The fourth-order valence-corrected chi connectivity index (χ4v) is 3.32. The van der Waals surface area contributed by atoms with Gasteiger partial charge >= 0.3 is 0 Å². The van der Waals surface area contributed by atoms with Crippen LogP contribution >= 0.6 is 0 Å². The minimum absolute atomic E-state index is 0.0903. The van der Waals surface area contributed by atoms with Crippen LogP contribution in [-0.4, -0.2) is 27.0 Å². The molecule has 2 aromatic carbocycles. The summed E-state index contributed by atoms with van der Waals surface area (Å²) in [5, 5.41) is 2.76. The van der Waals surface area contributed by atoms with Gasteiger partial charge in [-0.3, -0.25) is 4.79 Å². The van der Waals surface area contributed by atoms with Crippen LogP contribution < -0.4 is 14.8 Å². The summed E-state index contributed by atoms with van der Waals surface area (Å²) < 4.78 is 31.8. The molecule has 1 amide bonds. The highest BCUT2D eigenvalue weighted by molar-refractivity contribution is 7.89. The van der Waals surface area contributed by atoms with Crippen LogP contribution in [0.4, 0.5) is 5.69 Å². The Morgan fingerprint density at radius 1 is 1.07 bits per heavy atom. The lowest BCUT2D eigenvalue weighted by atomic mass is 10.2. The molecule has 7 heteroatoms. The standard InChI is InChI=1S/C20H24N2O4S/c1-4-21-27(24,25)19-12-5-16(6-13-19)7-14-20(23)22-17-8-10-18(11-9-17)26-15(2)3/h5-15,21H,4H2,1-3H3,(H,22,23). The van der Waals surface area contributed by atoms with Crippen molar-refractivity contribution in [2.75, 3.05) is 11.9 Å². The van der Waals surface area contributed by atoms with Gasteiger partial charge in [0.05, 0.1) is 11.0 Å². The maximum Gasteiger partial charge on any atom is 0.248 e. The summed E-state index contributed by atoms with van der Waals surface area (Å²) in [6.07, 6.45) is 3.11. The molecular formula is C20H24N2O4S. The van der Waals surface area contributed by atoms with Gasteiger partial charge in [-0.05, 0) is 61.9 Å². The van der Waals surface area contributed by atoms with Crippen molar-refractivity contribution >= 4 is 27.7 Å². The maximum atomic E-state index is 12.0. The first-order chi connectivity index (χ1) is 12.8. The van der Waals surface area contributed by atoms with Gasteiger partial charge in [0, 0.05) is 18.3 Å². The Kier molecular flexibility index (Phi) is 7.15. The molecule has 0 aliphatic heterocycles. The van der Waals surface area contributed by atoms with E-state index in [0.717, 1.165) is 11.3 Å². The minimum Gasteiger partial charge on any atom is -0.491 e. The van der Waals surface area contributed by atoms with Crippen LogP contribution in [0.2, 0.25) is 0 Å². The number of ether oxygens (including phenoxy) is 1. The van der Waals surface area contributed by atoms with Crippen molar-refractivity contribution in [1.29, 1.82) is 0 Å². The summed E-state index contributed by atoms with van der Waals surface area (Å²) in [4.78, 5) is 12.2. The summed E-state index contributed by atoms with van der Waals surface area (Å²) in [6, 6.07) is 13.4. The summed E-state index contributed by atoms with van der Waals surface area (Å²) in [5.41, 5.74) is 1.38. The normalized spacial score (nSPS) is 11.7. The number of carbonyl (C=O) groups is 1. The van der Waals surface area contributed by atoms with Crippen molar-refractivity contribution in [3.8, 4) is 5.75 Å². The summed E-state index contributed by atoms with van der Waals surface area (Å²) in [6.45, 7) is 5.94. The number of carbonyl (C=O) groups excluding carboxylic acids is 1. The van der Waals surface area contributed by atoms with E-state index in [1.165, 1.54) is 18.2 Å². The van der Waals surface area contributed by atoms with E-state index < -0.39 is 10.0 Å². The van der Waals surface area contributed by atoms with Gasteiger partial charge in [-0.15, -0.1) is 0 Å². The zero-order valence-electron chi connectivity index (χ0n) is 15.6. The first-order valence-electron chi connectivity index (χ1n) is 8.65. The lowest BCUT2D eigenvalue weighted by Gasteiger charge is -2.10. The number of rotatable bonds is 8. The third-order valence-electron chi connectivity index (χ3n) is 3.45. The highest BCUT2D eigenvalue weighted by Crippen LogP contribution is 2.17. The molecule has 2 N–H and O–H groups in total. The lowest BCUT2D eigenvalue weighted by molar-refractivity contribution is -0.111. The molecule has 0 unspecified atom stereocenters. The highest BCUT2D eigenvalue weighted by atomic mass is 32.2. The number of hydrogen-bond acceptors (Lipinski definition) is 4. The fraction of sp³-hybridized carbons (Fsp3) is 0.250. The van der Waals surface area contributed by atoms with E-state index in [1.807, 2.05) is 13.8 Å². The molecule has 0 spiro atoms. The Hall–Kier alpha value is -2.64. The molecule has 2 rings (SSSR count). The fourth-order valence-electron chi connectivity index (χ4n) is 2.28. The van der Waals surface area contributed by atoms with E-state index in [1.54, 1.807) is 49.4 Å². The number of anilines is 1. The third kappa shape index (κ3) is 6.54. The van der Waals surface area contributed by atoms with Gasteiger partial charge in [0.25, 0.3) is 0 Å². The molecule has 2 aromatic rings. The second-order valence-corrected chi connectivity index (χ2v) is 7.85. The third-order valence-corrected chi connectivity index (χ3v) is 5.01. The molecule has 0 saturated heterocycles. The quantitative estimate of drug-likeness (QED) is 0.679. The molecule has 0 heterocycles. The van der Waals surface area contributed by atoms with Gasteiger partial charge in [0.1, 0.15) is 5.75 Å². The van der Waals surface area contributed by atoms with Gasteiger partial charge in [0.2, 0.25) is 15.9 Å². The molecule has 0 saturated carbocycles. The van der Waals surface area contributed by atoms with Crippen molar-refractivity contribution in [2.24, 2.45) is 0 Å². The van der Waals surface area contributed by atoms with E-state index in [2.05, 4.69) is 10.0 Å². The van der Waals surface area contributed by atoms with Gasteiger partial charge in [-0.25, -0.2) is 13.1 Å². The van der Waals surface area contributed by atoms with Crippen molar-refractivity contribution in [3.05, 3.63) is 60.2 Å². The van der Waals surface area contributed by atoms with Gasteiger partial charge in [0.15, 0.2) is 0 Å². The topological polar surface area (TPSA) is 84.5 Å². The van der Waals surface area contributed by atoms with E-state index in [0.29, 0.717) is 12.2 Å². The molecule has 0 fully saturated rings. The van der Waals surface area contributed by atoms with Crippen LogP contribution in [0.15, 0.2) is 59.5 Å². The van der Waals surface area contributed by atoms with Crippen LogP contribution in [0.25, 0.3) is 6.08 Å². The summed E-state index contributed by atoms with van der Waals surface area (Å²) in [5.74, 6) is 0.461. The maximum absolute atomic E-state index is 12.0. The van der Waals surface area contributed by atoms with Crippen LogP contribution in [0.1, 0.15) is 26.3 Å². The predicted octanol–water partition coefficient (Wildman–Crippen LogP) is 3.42. The molecule has 0 aromatic heterocycles. The first kappa shape index (κ1) is 20.7. The van der Waals surface area contributed by atoms with E-state index in [4.69, 9.17) is 4.74 Å². The van der Waals surface area contributed by atoms with Crippen LogP contribution in [0, 0.1) is 0 Å². The average Bonchev–Trinajstić information content (AvgIpc) is 2.61. The van der Waals surface area contributed by atoms with Crippen LogP contribution in [-0.2, 0) is 14.8 Å². The second kappa shape index (κ2) is 9.34. The number of hydrogen-bond donors (Lipinski definition) is 2. The molecule has 0 radical (unpaired) electrons. The molecular weight excluding hydrogens is 364 g/mol. The van der Waals surface area contributed by atoms with Gasteiger partial charge in [-0.2, -0.15) is 0 Å². The van der Waals surface area contributed by atoms with Crippen LogP contribution in [0.3, 0.4) is 0 Å². The average molecular weight is 388 g/mol. The summed E-state index contributed by atoms with van der Waals surface area (Å²) in [7, 11) is -3.47. The monoisotopic (exact) mass is 388 g/mol. The summed E-state index contributed by atoms with van der Waals surface area (Å²) >= 11 is 0. The number of sulfonamides is 1. The van der Waals surface area contributed by atoms with Crippen molar-refractivity contribution in [2.45, 2.75) is 31.8 Å². The number of benzene rings is 2. The van der Waals surface area contributed by atoms with Crippen molar-refractivity contribution in [1.82, 2.24) is 4.72 Å². The largest absolute Gasteiger partial charge is 0.491 e. The lowest BCUT2D eigenvalue weighted by Crippen LogP contribution is -2.22. The van der Waals surface area contributed by atoms with Gasteiger partial charge < -0.3 is 10.1 Å². The first-order valence-corrected chi connectivity index (χ1v) is 10.1. The van der Waals surface area contributed by atoms with Crippen molar-refractivity contribution < 1.29 is 17.9 Å². The number of nitrogens with one attached hydrogen (secondary N) is 2. The molecule has 0 atom stereocenters. The van der Waals surface area contributed by atoms with Gasteiger partial charge in [-0.1, -0.05) is 19.1 Å². The zero-order valence-corrected chi connectivity index (χ0v) is 16.4. The molecule has 27 heavy (non-hydrogen) atoms. The Morgan fingerprint density at radius 2 is 1.70 bits per heavy atom. The Balaban J connectivity index is 1.96.